The van der Waals surface area contributed by atoms with Crippen LogP contribution in [0.1, 0.15) is 38.3 Å². The second-order valence-electron chi connectivity index (χ2n) is 6.08. The van der Waals surface area contributed by atoms with Gasteiger partial charge >= 0.3 is 0 Å². The number of amides is 1. The van der Waals surface area contributed by atoms with Crippen molar-refractivity contribution in [3.63, 3.8) is 0 Å². The third-order valence-corrected chi connectivity index (χ3v) is 4.20. The third kappa shape index (κ3) is 4.51. The van der Waals surface area contributed by atoms with Crippen molar-refractivity contribution >= 4 is 15.9 Å². The summed E-state index contributed by atoms with van der Waals surface area (Å²) in [5.41, 5.74) is 0. The molecule has 0 radical (unpaired) electrons. The Balaban J connectivity index is 1.98. The van der Waals surface area contributed by atoms with Crippen LogP contribution in [0.15, 0.2) is 0 Å². The first-order chi connectivity index (χ1) is 10.3. The minimum Gasteiger partial charge on any atom is -0.347 e. The highest BCUT2D eigenvalue weighted by atomic mass is 32.2. The molecule has 1 aliphatic rings. The maximum Gasteiger partial charge on any atom is 0.238 e. The molecule has 1 aromatic heterocycles. The molecular weight excluding hydrogens is 306 g/mol. The van der Waals surface area contributed by atoms with Gasteiger partial charge in [-0.2, -0.15) is 0 Å². The Morgan fingerprint density at radius 1 is 1.36 bits per heavy atom. The molecule has 9 heteroatoms. The highest BCUT2D eigenvalue weighted by Crippen LogP contribution is 2.14. The van der Waals surface area contributed by atoms with Crippen LogP contribution in [-0.2, 0) is 34.3 Å². The van der Waals surface area contributed by atoms with E-state index in [1.54, 1.807) is 0 Å². The van der Waals surface area contributed by atoms with Crippen molar-refractivity contribution in [1.29, 1.82) is 0 Å². The quantitative estimate of drug-likeness (QED) is 0.721. The van der Waals surface area contributed by atoms with Crippen LogP contribution < -0.4 is 10.0 Å². The van der Waals surface area contributed by atoms with Crippen molar-refractivity contribution in [2.24, 2.45) is 5.92 Å². The van der Waals surface area contributed by atoms with E-state index in [0.29, 0.717) is 12.2 Å². The summed E-state index contributed by atoms with van der Waals surface area (Å²) < 4.78 is 27.2. The van der Waals surface area contributed by atoms with Crippen molar-refractivity contribution < 1.29 is 13.2 Å². The van der Waals surface area contributed by atoms with E-state index in [9.17, 15) is 13.2 Å². The minimum atomic E-state index is -3.44. The molecule has 1 unspecified atom stereocenters. The van der Waals surface area contributed by atoms with Crippen molar-refractivity contribution in [3.05, 3.63) is 11.6 Å². The summed E-state index contributed by atoms with van der Waals surface area (Å²) in [5.74, 6) is 1.51. The van der Waals surface area contributed by atoms with Gasteiger partial charge in [-0.1, -0.05) is 13.8 Å². The van der Waals surface area contributed by atoms with Crippen molar-refractivity contribution in [2.45, 2.75) is 52.2 Å². The zero-order valence-electron chi connectivity index (χ0n) is 13.2. The Morgan fingerprint density at radius 3 is 2.73 bits per heavy atom. The zero-order valence-corrected chi connectivity index (χ0v) is 14.0. The number of carbonyl (C=O) groups is 1. The first-order valence-corrected chi connectivity index (χ1v) is 9.31. The number of nitrogens with zero attached hydrogens (tertiary/aromatic N) is 3. The van der Waals surface area contributed by atoms with E-state index in [2.05, 4.69) is 20.2 Å². The molecule has 1 amide bonds. The molecule has 2 rings (SSSR count). The number of nitrogens with one attached hydrogen (secondary N) is 2. The van der Waals surface area contributed by atoms with Gasteiger partial charge in [-0.15, -0.1) is 10.2 Å². The Bertz CT molecular complexity index is 638. The lowest BCUT2D eigenvalue weighted by atomic mass is 10.0. The van der Waals surface area contributed by atoms with E-state index in [4.69, 9.17) is 0 Å². The van der Waals surface area contributed by atoms with E-state index < -0.39 is 16.1 Å². The molecular formula is C13H23N5O3S. The number of fused-ring (bicyclic) bond motifs is 1. The number of hydrogen-bond acceptors (Lipinski definition) is 5. The molecule has 2 N–H and O–H groups in total. The number of rotatable bonds is 7. The van der Waals surface area contributed by atoms with Gasteiger partial charge in [0.15, 0.2) is 5.82 Å². The molecule has 0 saturated heterocycles. The van der Waals surface area contributed by atoms with E-state index in [1.165, 1.54) is 0 Å². The second kappa shape index (κ2) is 6.74. The summed E-state index contributed by atoms with van der Waals surface area (Å²) in [6.45, 7) is 5.00. The average Bonchev–Trinajstić information content (AvgIpc) is 2.95. The highest BCUT2D eigenvalue weighted by molar-refractivity contribution is 7.88. The lowest BCUT2D eigenvalue weighted by molar-refractivity contribution is -0.123. The van der Waals surface area contributed by atoms with Gasteiger partial charge in [-0.05, 0) is 18.8 Å². The van der Waals surface area contributed by atoms with Crippen LogP contribution in [0.4, 0.5) is 0 Å². The predicted octanol–water partition coefficient (Wildman–Crippen LogP) is -0.196. The summed E-state index contributed by atoms with van der Waals surface area (Å²) in [7, 11) is -3.44. The van der Waals surface area contributed by atoms with Gasteiger partial charge in [-0.25, -0.2) is 13.1 Å². The molecule has 0 bridgehead atoms. The van der Waals surface area contributed by atoms with Crippen LogP contribution in [-0.4, -0.2) is 41.4 Å². The predicted molar refractivity (Wildman–Crippen MR) is 81.4 cm³/mol. The Hall–Kier alpha value is -1.48. The van der Waals surface area contributed by atoms with Gasteiger partial charge in [0.05, 0.1) is 12.8 Å². The van der Waals surface area contributed by atoms with Crippen LogP contribution in [0.2, 0.25) is 0 Å². The maximum absolute atomic E-state index is 12.3. The third-order valence-electron chi connectivity index (χ3n) is 3.49. The summed E-state index contributed by atoms with van der Waals surface area (Å²) in [6.07, 6.45) is 3.44. The van der Waals surface area contributed by atoms with Gasteiger partial charge in [0.1, 0.15) is 11.9 Å². The maximum atomic E-state index is 12.3. The second-order valence-corrected chi connectivity index (χ2v) is 7.86. The lowest BCUT2D eigenvalue weighted by Gasteiger charge is -2.19. The monoisotopic (exact) mass is 329 g/mol. The average molecular weight is 329 g/mol. The molecule has 1 aromatic rings. The molecule has 1 atom stereocenters. The van der Waals surface area contributed by atoms with Crippen molar-refractivity contribution in [2.75, 3.05) is 6.26 Å². The standard InChI is InChI=1S/C13H23N5O3S/c1-9(2)7-10(17-22(3,20)21)13(19)14-8-12-16-15-11-5-4-6-18(11)12/h9-10,17H,4-8H2,1-3H3,(H,14,19). The van der Waals surface area contributed by atoms with E-state index in [0.717, 1.165) is 31.5 Å². The van der Waals surface area contributed by atoms with Gasteiger partial charge in [0.2, 0.25) is 15.9 Å². The molecule has 22 heavy (non-hydrogen) atoms. The summed E-state index contributed by atoms with van der Waals surface area (Å²) >= 11 is 0. The van der Waals surface area contributed by atoms with Crippen LogP contribution in [0.3, 0.4) is 0 Å². The Kier molecular flexibility index (Phi) is 5.17. The van der Waals surface area contributed by atoms with Gasteiger partial charge in [-0.3, -0.25) is 4.79 Å². The number of aromatic nitrogens is 3. The van der Waals surface area contributed by atoms with E-state index in [1.807, 2.05) is 18.4 Å². The van der Waals surface area contributed by atoms with Gasteiger partial charge < -0.3 is 9.88 Å². The normalized spacial score (nSPS) is 15.8. The fraction of sp³-hybridized carbons (Fsp3) is 0.769. The smallest absolute Gasteiger partial charge is 0.238 e. The van der Waals surface area contributed by atoms with Crippen molar-refractivity contribution in [1.82, 2.24) is 24.8 Å². The van der Waals surface area contributed by atoms with E-state index in [-0.39, 0.29) is 18.4 Å². The first kappa shape index (κ1) is 16.9. The van der Waals surface area contributed by atoms with Crippen LogP contribution in [0.5, 0.6) is 0 Å². The largest absolute Gasteiger partial charge is 0.347 e. The Labute approximate surface area is 130 Å². The summed E-state index contributed by atoms with van der Waals surface area (Å²) in [5, 5.41) is 10.9. The first-order valence-electron chi connectivity index (χ1n) is 7.42. The minimum absolute atomic E-state index is 0.197. The van der Waals surface area contributed by atoms with Crippen molar-refractivity contribution in [3.8, 4) is 0 Å². The van der Waals surface area contributed by atoms with Crippen LogP contribution >= 0.6 is 0 Å². The molecule has 2 heterocycles. The molecule has 0 spiro atoms. The molecule has 1 aliphatic heterocycles. The lowest BCUT2D eigenvalue weighted by Crippen LogP contribution is -2.47. The number of hydrogen-bond donors (Lipinski definition) is 2. The Morgan fingerprint density at radius 2 is 2.09 bits per heavy atom. The highest BCUT2D eigenvalue weighted by Gasteiger charge is 2.24. The summed E-state index contributed by atoms with van der Waals surface area (Å²) in [6, 6.07) is -0.768. The SMILES string of the molecule is CC(C)CC(NS(C)(=O)=O)C(=O)NCc1nnc2n1CCC2. The molecule has 0 saturated carbocycles. The summed E-state index contributed by atoms with van der Waals surface area (Å²) in [4.78, 5) is 12.3. The van der Waals surface area contributed by atoms with Crippen LogP contribution in [0, 0.1) is 5.92 Å². The molecule has 0 aromatic carbocycles. The number of carbonyl (C=O) groups excluding carboxylic acids is 1. The van der Waals surface area contributed by atoms with Crippen LogP contribution in [0.25, 0.3) is 0 Å². The molecule has 0 fully saturated rings. The van der Waals surface area contributed by atoms with Gasteiger partial charge in [0, 0.05) is 13.0 Å². The number of aryl methyl sites for hydroxylation is 1. The van der Waals surface area contributed by atoms with E-state index >= 15 is 0 Å². The molecule has 8 nitrogen and oxygen atoms in total. The number of sulfonamides is 1. The topological polar surface area (TPSA) is 106 Å². The molecule has 0 aliphatic carbocycles. The van der Waals surface area contributed by atoms with Gasteiger partial charge in [0.25, 0.3) is 0 Å². The molecule has 124 valence electrons. The fourth-order valence-corrected chi connectivity index (χ4v) is 3.29. The zero-order chi connectivity index (χ0) is 16.3. The fourth-order valence-electron chi connectivity index (χ4n) is 2.57.